The molecular formula is C18H25Cl2N3O3. The molecule has 2 aliphatic heterocycles. The summed E-state index contributed by atoms with van der Waals surface area (Å²) in [5, 5.41) is 0.466. The number of rotatable bonds is 3. The Kier molecular flexibility index (Phi) is 7.15. The Bertz CT molecular complexity index is 671. The van der Waals surface area contributed by atoms with Crippen LogP contribution in [0.4, 0.5) is 0 Å². The van der Waals surface area contributed by atoms with Crippen molar-refractivity contribution >= 4 is 35.8 Å². The van der Waals surface area contributed by atoms with Crippen LogP contribution in [-0.4, -0.2) is 60.4 Å². The summed E-state index contributed by atoms with van der Waals surface area (Å²) in [6, 6.07) is 4.54. The van der Waals surface area contributed by atoms with Crippen LogP contribution in [0.3, 0.4) is 0 Å². The van der Waals surface area contributed by atoms with Crippen molar-refractivity contribution in [3.05, 3.63) is 28.8 Å². The Morgan fingerprint density at radius 2 is 1.96 bits per heavy atom. The molecule has 2 fully saturated rings. The van der Waals surface area contributed by atoms with Crippen molar-refractivity contribution < 1.29 is 14.3 Å². The average Bonchev–Trinajstić information content (AvgIpc) is 3.10. The normalized spacial score (nSPS) is 22.7. The molecule has 3 rings (SSSR count). The van der Waals surface area contributed by atoms with Crippen LogP contribution in [0.25, 0.3) is 0 Å². The molecule has 6 nitrogen and oxygen atoms in total. The molecule has 0 radical (unpaired) electrons. The third kappa shape index (κ3) is 4.24. The maximum atomic E-state index is 13.0. The molecule has 0 aromatic heterocycles. The maximum absolute atomic E-state index is 13.0. The van der Waals surface area contributed by atoms with E-state index in [1.807, 2.05) is 0 Å². The summed E-state index contributed by atoms with van der Waals surface area (Å²) in [5.41, 5.74) is 6.39. The number of carbonyl (C=O) groups excluding carboxylic acids is 2. The molecule has 144 valence electrons. The summed E-state index contributed by atoms with van der Waals surface area (Å²) in [5.74, 6) is 0.256. The van der Waals surface area contributed by atoms with Gasteiger partial charge in [0.15, 0.2) is 0 Å². The lowest BCUT2D eigenvalue weighted by Crippen LogP contribution is -2.53. The molecule has 1 aromatic carbocycles. The molecule has 2 unspecified atom stereocenters. The van der Waals surface area contributed by atoms with Gasteiger partial charge >= 0.3 is 0 Å². The number of halogens is 2. The quantitative estimate of drug-likeness (QED) is 0.842. The third-order valence-corrected chi connectivity index (χ3v) is 5.20. The lowest BCUT2D eigenvalue weighted by Gasteiger charge is -2.35. The molecule has 26 heavy (non-hydrogen) atoms. The highest BCUT2D eigenvalue weighted by Crippen LogP contribution is 2.28. The predicted octanol–water partition coefficient (Wildman–Crippen LogP) is 2.32. The fourth-order valence-corrected chi connectivity index (χ4v) is 3.86. The summed E-state index contributed by atoms with van der Waals surface area (Å²) in [6.07, 6.45) is 3.34. The molecule has 0 aliphatic carbocycles. The van der Waals surface area contributed by atoms with E-state index in [0.717, 1.165) is 19.3 Å². The van der Waals surface area contributed by atoms with Crippen LogP contribution >= 0.6 is 24.0 Å². The lowest BCUT2D eigenvalue weighted by molar-refractivity contribution is -0.136. The van der Waals surface area contributed by atoms with Crippen molar-refractivity contribution in [1.29, 1.82) is 0 Å². The van der Waals surface area contributed by atoms with Gasteiger partial charge in [-0.3, -0.25) is 9.59 Å². The van der Waals surface area contributed by atoms with Crippen molar-refractivity contribution in [2.45, 2.75) is 37.8 Å². The Labute approximate surface area is 165 Å². The smallest absolute Gasteiger partial charge is 0.258 e. The van der Waals surface area contributed by atoms with Gasteiger partial charge in [0.05, 0.1) is 12.7 Å². The predicted molar refractivity (Wildman–Crippen MR) is 103 cm³/mol. The SMILES string of the molecule is COc1ccc(Cl)cc1C(=O)N1CCCC1C(=O)N1CCCC(N)C1.Cl. The van der Waals surface area contributed by atoms with E-state index in [9.17, 15) is 9.59 Å². The van der Waals surface area contributed by atoms with Gasteiger partial charge in [-0.25, -0.2) is 0 Å². The van der Waals surface area contributed by atoms with Crippen molar-refractivity contribution in [3.63, 3.8) is 0 Å². The highest BCUT2D eigenvalue weighted by Gasteiger charge is 2.38. The summed E-state index contributed by atoms with van der Waals surface area (Å²) in [6.45, 7) is 1.84. The Morgan fingerprint density at radius 3 is 2.65 bits per heavy atom. The number of carbonyl (C=O) groups is 2. The second-order valence-electron chi connectivity index (χ2n) is 6.69. The van der Waals surface area contributed by atoms with E-state index in [4.69, 9.17) is 22.1 Å². The molecule has 2 heterocycles. The molecular weight excluding hydrogens is 377 g/mol. The molecule has 0 spiro atoms. The molecule has 2 amide bonds. The Morgan fingerprint density at radius 1 is 1.23 bits per heavy atom. The van der Waals surface area contributed by atoms with Crippen LogP contribution in [0.1, 0.15) is 36.0 Å². The van der Waals surface area contributed by atoms with Gasteiger partial charge in [0.2, 0.25) is 5.91 Å². The van der Waals surface area contributed by atoms with E-state index in [2.05, 4.69) is 0 Å². The van der Waals surface area contributed by atoms with Gasteiger partial charge in [-0.05, 0) is 43.9 Å². The minimum atomic E-state index is -0.429. The molecule has 1 aromatic rings. The first-order valence-corrected chi connectivity index (χ1v) is 9.08. The number of nitrogens with two attached hydrogens (primary N) is 1. The fourth-order valence-electron chi connectivity index (χ4n) is 3.69. The number of likely N-dealkylation sites (tertiary alicyclic amines) is 2. The average molecular weight is 402 g/mol. The fraction of sp³-hybridized carbons (Fsp3) is 0.556. The second-order valence-corrected chi connectivity index (χ2v) is 7.12. The van der Waals surface area contributed by atoms with Gasteiger partial charge in [0.25, 0.3) is 5.91 Å². The van der Waals surface area contributed by atoms with Crippen LogP contribution in [0.2, 0.25) is 5.02 Å². The summed E-state index contributed by atoms with van der Waals surface area (Å²) in [7, 11) is 1.52. The van der Waals surface area contributed by atoms with E-state index in [0.29, 0.717) is 42.4 Å². The van der Waals surface area contributed by atoms with E-state index < -0.39 is 6.04 Å². The lowest BCUT2D eigenvalue weighted by atomic mass is 10.0. The van der Waals surface area contributed by atoms with E-state index in [1.54, 1.807) is 28.0 Å². The van der Waals surface area contributed by atoms with E-state index in [-0.39, 0.29) is 30.3 Å². The van der Waals surface area contributed by atoms with Crippen LogP contribution in [0, 0.1) is 0 Å². The molecule has 2 saturated heterocycles. The largest absolute Gasteiger partial charge is 0.496 e. The number of methoxy groups -OCH3 is 1. The highest BCUT2D eigenvalue weighted by atomic mass is 35.5. The number of benzene rings is 1. The van der Waals surface area contributed by atoms with Crippen LogP contribution < -0.4 is 10.5 Å². The monoisotopic (exact) mass is 401 g/mol. The molecule has 2 atom stereocenters. The minimum Gasteiger partial charge on any atom is -0.496 e. The van der Waals surface area contributed by atoms with Gasteiger partial charge in [0, 0.05) is 30.7 Å². The summed E-state index contributed by atoms with van der Waals surface area (Å²) >= 11 is 6.05. The van der Waals surface area contributed by atoms with Crippen LogP contribution in [0.5, 0.6) is 5.75 Å². The second kappa shape index (κ2) is 8.93. The first-order valence-electron chi connectivity index (χ1n) is 8.70. The van der Waals surface area contributed by atoms with Gasteiger partial charge in [-0.1, -0.05) is 11.6 Å². The molecule has 2 N–H and O–H groups in total. The van der Waals surface area contributed by atoms with E-state index in [1.165, 1.54) is 7.11 Å². The van der Waals surface area contributed by atoms with Crippen molar-refractivity contribution in [1.82, 2.24) is 9.80 Å². The van der Waals surface area contributed by atoms with E-state index >= 15 is 0 Å². The summed E-state index contributed by atoms with van der Waals surface area (Å²) in [4.78, 5) is 29.4. The number of piperidine rings is 1. The van der Waals surface area contributed by atoms with Crippen molar-refractivity contribution in [2.75, 3.05) is 26.7 Å². The van der Waals surface area contributed by atoms with Crippen LogP contribution in [-0.2, 0) is 4.79 Å². The number of ether oxygens (including phenoxy) is 1. The number of nitrogens with zero attached hydrogens (tertiary/aromatic N) is 2. The van der Waals surface area contributed by atoms with Crippen LogP contribution in [0.15, 0.2) is 18.2 Å². The van der Waals surface area contributed by atoms with Gasteiger partial charge in [0.1, 0.15) is 11.8 Å². The Balaban J connectivity index is 0.00000243. The number of hydrogen-bond acceptors (Lipinski definition) is 4. The highest BCUT2D eigenvalue weighted by molar-refractivity contribution is 6.31. The van der Waals surface area contributed by atoms with Gasteiger partial charge in [-0.2, -0.15) is 0 Å². The number of hydrogen-bond donors (Lipinski definition) is 1. The van der Waals surface area contributed by atoms with Gasteiger partial charge in [-0.15, -0.1) is 12.4 Å². The zero-order valence-electron chi connectivity index (χ0n) is 14.8. The third-order valence-electron chi connectivity index (χ3n) is 4.96. The maximum Gasteiger partial charge on any atom is 0.258 e. The zero-order valence-corrected chi connectivity index (χ0v) is 16.4. The first-order chi connectivity index (χ1) is 12.0. The first kappa shape index (κ1) is 20.8. The topological polar surface area (TPSA) is 75.9 Å². The standard InChI is InChI=1S/C18H24ClN3O3.ClH/c1-25-16-7-6-12(19)10-14(16)17(23)22-9-3-5-15(22)18(24)21-8-2-4-13(20)11-21;/h6-7,10,13,15H,2-5,8-9,11,20H2,1H3;1H. The van der Waals surface area contributed by atoms with Crippen molar-refractivity contribution in [2.24, 2.45) is 5.73 Å². The zero-order chi connectivity index (χ0) is 18.0. The molecule has 2 aliphatic rings. The van der Waals surface area contributed by atoms with Crippen molar-refractivity contribution in [3.8, 4) is 5.75 Å². The molecule has 0 saturated carbocycles. The minimum absolute atomic E-state index is 0. The van der Waals surface area contributed by atoms with Gasteiger partial charge < -0.3 is 20.3 Å². The summed E-state index contributed by atoms with van der Waals surface area (Å²) < 4.78 is 5.29. The molecule has 8 heteroatoms. The Hall–Kier alpha value is -1.50. The number of amides is 2. The molecule has 0 bridgehead atoms.